The van der Waals surface area contributed by atoms with Crippen molar-refractivity contribution in [3.8, 4) is 0 Å². The first kappa shape index (κ1) is 19.1. The SMILES string of the molecule is NC(=O)CCSc1ccccc1NS(=O)(=O)c1ccc(Br)cc1Cl. The summed E-state index contributed by atoms with van der Waals surface area (Å²) in [7, 11) is -3.83. The fraction of sp³-hybridized carbons (Fsp3) is 0.133. The molecule has 0 aromatic heterocycles. The lowest BCUT2D eigenvalue weighted by Crippen LogP contribution is -2.14. The molecule has 0 aliphatic carbocycles. The Morgan fingerprint density at radius 3 is 2.62 bits per heavy atom. The molecule has 0 saturated heterocycles. The summed E-state index contributed by atoms with van der Waals surface area (Å²) in [6, 6.07) is 11.5. The Labute approximate surface area is 158 Å². The molecular formula is C15H14BrClN2O3S2. The molecule has 0 bridgehead atoms. The lowest BCUT2D eigenvalue weighted by Gasteiger charge is -2.13. The summed E-state index contributed by atoms with van der Waals surface area (Å²) in [5.41, 5.74) is 5.54. The van der Waals surface area contributed by atoms with E-state index in [4.69, 9.17) is 17.3 Å². The fourth-order valence-corrected chi connectivity index (χ4v) is 4.99. The van der Waals surface area contributed by atoms with Gasteiger partial charge in [0.05, 0.1) is 10.7 Å². The van der Waals surface area contributed by atoms with Gasteiger partial charge in [0.2, 0.25) is 5.91 Å². The number of hydrogen-bond acceptors (Lipinski definition) is 4. The van der Waals surface area contributed by atoms with E-state index in [1.807, 2.05) is 0 Å². The smallest absolute Gasteiger partial charge is 0.263 e. The maximum atomic E-state index is 12.6. The molecule has 0 fully saturated rings. The van der Waals surface area contributed by atoms with Crippen LogP contribution in [0.5, 0.6) is 0 Å². The summed E-state index contributed by atoms with van der Waals surface area (Å²) < 4.78 is 28.4. The number of thioether (sulfide) groups is 1. The molecule has 0 aliphatic heterocycles. The number of nitrogens with one attached hydrogen (secondary N) is 1. The Kier molecular flexibility index (Phi) is 6.56. The van der Waals surface area contributed by atoms with E-state index in [0.29, 0.717) is 20.8 Å². The summed E-state index contributed by atoms with van der Waals surface area (Å²) in [6.07, 6.45) is 0.213. The second-order valence-corrected chi connectivity index (χ2v) is 8.85. The average molecular weight is 450 g/mol. The van der Waals surface area contributed by atoms with E-state index in [-0.39, 0.29) is 16.3 Å². The maximum absolute atomic E-state index is 12.6. The third-order valence-corrected chi connectivity index (χ3v) is 6.34. The average Bonchev–Trinajstić information content (AvgIpc) is 2.48. The molecule has 2 aromatic rings. The zero-order valence-electron chi connectivity index (χ0n) is 12.3. The number of amides is 1. The molecule has 0 unspecified atom stereocenters. The van der Waals surface area contributed by atoms with Crippen LogP contribution in [0.3, 0.4) is 0 Å². The molecule has 0 radical (unpaired) electrons. The number of nitrogens with two attached hydrogens (primary N) is 1. The number of rotatable bonds is 7. The van der Waals surface area contributed by atoms with Gasteiger partial charge in [-0.25, -0.2) is 8.42 Å². The van der Waals surface area contributed by atoms with E-state index >= 15 is 0 Å². The summed E-state index contributed by atoms with van der Waals surface area (Å²) in [5.74, 6) is 0.0647. The number of carbonyl (C=O) groups is 1. The summed E-state index contributed by atoms with van der Waals surface area (Å²) >= 11 is 10.6. The van der Waals surface area contributed by atoms with Crippen molar-refractivity contribution in [2.45, 2.75) is 16.2 Å². The quantitative estimate of drug-likeness (QED) is 0.628. The molecule has 3 N–H and O–H groups in total. The summed E-state index contributed by atoms with van der Waals surface area (Å²) in [4.78, 5) is 11.5. The zero-order chi connectivity index (χ0) is 17.7. The van der Waals surface area contributed by atoms with Gasteiger partial charge in [0.1, 0.15) is 4.90 Å². The molecule has 9 heteroatoms. The molecule has 2 aromatic carbocycles. The number of para-hydroxylation sites is 1. The first-order valence-electron chi connectivity index (χ1n) is 6.77. The Bertz CT molecular complexity index is 860. The highest BCUT2D eigenvalue weighted by atomic mass is 79.9. The fourth-order valence-electron chi connectivity index (χ4n) is 1.83. The van der Waals surface area contributed by atoms with Crippen LogP contribution in [-0.2, 0) is 14.8 Å². The van der Waals surface area contributed by atoms with Crippen molar-refractivity contribution in [2.75, 3.05) is 10.5 Å². The van der Waals surface area contributed by atoms with E-state index in [1.54, 1.807) is 30.3 Å². The van der Waals surface area contributed by atoms with Crippen LogP contribution in [0, 0.1) is 0 Å². The van der Waals surface area contributed by atoms with E-state index < -0.39 is 15.9 Å². The summed E-state index contributed by atoms with van der Waals surface area (Å²) in [6.45, 7) is 0. The zero-order valence-corrected chi connectivity index (χ0v) is 16.3. The first-order valence-corrected chi connectivity index (χ1v) is 10.4. The Morgan fingerprint density at radius 1 is 1.25 bits per heavy atom. The van der Waals surface area contributed by atoms with Gasteiger partial charge in [0.25, 0.3) is 10.0 Å². The third-order valence-electron chi connectivity index (χ3n) is 2.92. The topological polar surface area (TPSA) is 89.3 Å². The highest BCUT2D eigenvalue weighted by Gasteiger charge is 2.19. The first-order chi connectivity index (χ1) is 11.3. The minimum atomic E-state index is -3.83. The molecule has 2 rings (SSSR count). The van der Waals surface area contributed by atoms with Crippen molar-refractivity contribution in [3.63, 3.8) is 0 Å². The molecule has 0 aliphatic rings. The minimum Gasteiger partial charge on any atom is -0.370 e. The Balaban J connectivity index is 2.25. The molecule has 128 valence electrons. The molecule has 0 heterocycles. The molecule has 1 amide bonds. The van der Waals surface area contributed by atoms with Gasteiger partial charge in [-0.05, 0) is 30.3 Å². The molecule has 0 saturated carbocycles. The van der Waals surface area contributed by atoms with Crippen molar-refractivity contribution in [1.82, 2.24) is 0 Å². The van der Waals surface area contributed by atoms with E-state index in [2.05, 4.69) is 20.7 Å². The lowest BCUT2D eigenvalue weighted by molar-refractivity contribution is -0.117. The number of benzene rings is 2. The Hall–Kier alpha value is -1.22. The van der Waals surface area contributed by atoms with Gasteiger partial charge in [0, 0.05) is 21.5 Å². The van der Waals surface area contributed by atoms with Gasteiger partial charge in [-0.1, -0.05) is 39.7 Å². The largest absolute Gasteiger partial charge is 0.370 e. The number of carbonyl (C=O) groups excluding carboxylic acids is 1. The predicted octanol–water partition coefficient (Wildman–Crippen LogP) is 3.87. The monoisotopic (exact) mass is 448 g/mol. The van der Waals surface area contributed by atoms with Crippen molar-refractivity contribution in [2.24, 2.45) is 5.73 Å². The molecular weight excluding hydrogens is 436 g/mol. The van der Waals surface area contributed by atoms with Crippen LogP contribution in [-0.4, -0.2) is 20.1 Å². The number of anilines is 1. The molecule has 24 heavy (non-hydrogen) atoms. The van der Waals surface area contributed by atoms with Crippen molar-refractivity contribution in [1.29, 1.82) is 0 Å². The maximum Gasteiger partial charge on any atom is 0.263 e. The second-order valence-electron chi connectivity index (χ2n) is 4.74. The molecule has 0 spiro atoms. The number of primary amides is 1. The van der Waals surface area contributed by atoms with E-state index in [1.165, 1.54) is 23.9 Å². The van der Waals surface area contributed by atoms with Crippen LogP contribution in [0.1, 0.15) is 6.42 Å². The Morgan fingerprint density at radius 2 is 1.96 bits per heavy atom. The minimum absolute atomic E-state index is 0.00990. The normalized spacial score (nSPS) is 11.2. The lowest BCUT2D eigenvalue weighted by atomic mass is 10.3. The molecule has 0 atom stereocenters. The van der Waals surface area contributed by atoms with Gasteiger partial charge in [-0.2, -0.15) is 0 Å². The van der Waals surface area contributed by atoms with E-state index in [9.17, 15) is 13.2 Å². The van der Waals surface area contributed by atoms with Crippen LogP contribution < -0.4 is 10.5 Å². The highest BCUT2D eigenvalue weighted by Crippen LogP contribution is 2.31. The van der Waals surface area contributed by atoms with Gasteiger partial charge < -0.3 is 5.73 Å². The summed E-state index contributed by atoms with van der Waals surface area (Å²) in [5, 5.41) is 0.121. The van der Waals surface area contributed by atoms with Crippen molar-refractivity contribution < 1.29 is 13.2 Å². The van der Waals surface area contributed by atoms with Crippen LogP contribution in [0.25, 0.3) is 0 Å². The van der Waals surface area contributed by atoms with Crippen LogP contribution in [0.4, 0.5) is 5.69 Å². The van der Waals surface area contributed by atoms with Gasteiger partial charge >= 0.3 is 0 Å². The van der Waals surface area contributed by atoms with E-state index in [0.717, 1.165) is 0 Å². The van der Waals surface area contributed by atoms with Crippen molar-refractivity contribution >= 4 is 60.9 Å². The van der Waals surface area contributed by atoms with Crippen LogP contribution >= 0.6 is 39.3 Å². The number of sulfonamides is 1. The third kappa shape index (κ3) is 5.14. The van der Waals surface area contributed by atoms with Crippen molar-refractivity contribution in [3.05, 3.63) is 52.0 Å². The number of hydrogen-bond donors (Lipinski definition) is 2. The van der Waals surface area contributed by atoms with Gasteiger partial charge in [0.15, 0.2) is 0 Å². The van der Waals surface area contributed by atoms with Crippen LogP contribution in [0.15, 0.2) is 56.7 Å². The second kappa shape index (κ2) is 8.24. The molecule has 5 nitrogen and oxygen atoms in total. The standard InChI is InChI=1S/C15H14BrClN2O3S2/c16-10-5-6-14(11(17)9-10)24(21,22)19-12-3-1-2-4-13(12)23-8-7-15(18)20/h1-6,9,19H,7-8H2,(H2,18,20). The van der Waals surface area contributed by atoms with Gasteiger partial charge in [-0.3, -0.25) is 9.52 Å². The highest BCUT2D eigenvalue weighted by molar-refractivity contribution is 9.10. The van der Waals surface area contributed by atoms with Crippen LogP contribution in [0.2, 0.25) is 5.02 Å². The number of halogens is 2. The predicted molar refractivity (Wildman–Crippen MR) is 101 cm³/mol. The van der Waals surface area contributed by atoms with Gasteiger partial charge in [-0.15, -0.1) is 11.8 Å².